The number of H-pyrrole nitrogens is 1. The Labute approximate surface area is 98.5 Å². The average Bonchev–Trinajstić information content (AvgIpc) is 2.24. The van der Waals surface area contributed by atoms with Gasteiger partial charge in [0.25, 0.3) is 5.56 Å². The first-order valence-electron chi connectivity index (χ1n) is 4.17. The lowest BCUT2D eigenvalue weighted by atomic mass is 10.1. The lowest BCUT2D eigenvalue weighted by molar-refractivity contribution is 0.605. The molecule has 0 aliphatic carbocycles. The second-order valence-electron chi connectivity index (χ2n) is 2.90. The zero-order valence-electron chi connectivity index (χ0n) is 7.50. The lowest BCUT2D eigenvalue weighted by Crippen LogP contribution is -2.12. The second-order valence-corrected chi connectivity index (χ2v) is 4.15. The molecule has 0 fully saturated rings. The molecule has 0 radical (unpaired) electrons. The number of nitrogens with one attached hydrogen (secondary N) is 1. The maximum atomic E-state index is 13.4. The molecular formula is C10H6FIN2O. The minimum atomic E-state index is -0.848. The number of benzene rings is 1. The van der Waals surface area contributed by atoms with Gasteiger partial charge in [0.05, 0.1) is 6.33 Å². The third-order valence-corrected chi connectivity index (χ3v) is 2.63. The summed E-state index contributed by atoms with van der Waals surface area (Å²) in [7, 11) is 0. The van der Waals surface area contributed by atoms with Crippen molar-refractivity contribution in [1.29, 1.82) is 0 Å². The fourth-order valence-corrected chi connectivity index (χ4v) is 1.55. The zero-order valence-corrected chi connectivity index (χ0v) is 9.66. The van der Waals surface area contributed by atoms with E-state index in [1.807, 2.05) is 12.1 Å². The van der Waals surface area contributed by atoms with E-state index in [0.29, 0.717) is 5.56 Å². The number of rotatable bonds is 1. The molecule has 0 amide bonds. The first-order chi connectivity index (χ1) is 7.18. The van der Waals surface area contributed by atoms with E-state index in [-0.39, 0.29) is 5.69 Å². The summed E-state index contributed by atoms with van der Waals surface area (Å²) >= 11 is 2.15. The van der Waals surface area contributed by atoms with Crippen molar-refractivity contribution in [2.24, 2.45) is 0 Å². The highest BCUT2D eigenvalue weighted by Gasteiger charge is 2.09. The van der Waals surface area contributed by atoms with Gasteiger partial charge in [0, 0.05) is 9.13 Å². The van der Waals surface area contributed by atoms with Crippen LogP contribution < -0.4 is 5.56 Å². The summed E-state index contributed by atoms with van der Waals surface area (Å²) < 4.78 is 14.4. The molecule has 0 saturated carbocycles. The molecule has 0 aliphatic heterocycles. The van der Waals surface area contributed by atoms with Crippen LogP contribution in [0.1, 0.15) is 0 Å². The van der Waals surface area contributed by atoms with Gasteiger partial charge in [0.2, 0.25) is 5.82 Å². The highest BCUT2D eigenvalue weighted by molar-refractivity contribution is 14.1. The molecule has 1 heterocycles. The summed E-state index contributed by atoms with van der Waals surface area (Å²) in [6.07, 6.45) is 1.19. The largest absolute Gasteiger partial charge is 0.311 e. The molecule has 2 aromatic rings. The minimum absolute atomic E-state index is 0.0788. The molecule has 1 N–H and O–H groups in total. The van der Waals surface area contributed by atoms with Gasteiger partial charge in [-0.15, -0.1) is 0 Å². The Morgan fingerprint density at radius 2 is 1.93 bits per heavy atom. The normalized spacial score (nSPS) is 10.3. The van der Waals surface area contributed by atoms with E-state index >= 15 is 0 Å². The lowest BCUT2D eigenvalue weighted by Gasteiger charge is -2.00. The Kier molecular flexibility index (Phi) is 2.81. The van der Waals surface area contributed by atoms with Crippen molar-refractivity contribution in [2.45, 2.75) is 0 Å². The van der Waals surface area contributed by atoms with Crippen molar-refractivity contribution in [2.75, 3.05) is 0 Å². The Morgan fingerprint density at radius 1 is 1.27 bits per heavy atom. The number of nitrogens with zero attached hydrogens (tertiary/aromatic N) is 1. The molecule has 15 heavy (non-hydrogen) atoms. The highest BCUT2D eigenvalue weighted by atomic mass is 127. The third kappa shape index (κ3) is 2.06. The molecule has 0 aliphatic rings. The maximum absolute atomic E-state index is 13.4. The predicted octanol–water partition coefficient (Wildman–Crippen LogP) is 2.18. The average molecular weight is 316 g/mol. The van der Waals surface area contributed by atoms with E-state index < -0.39 is 11.4 Å². The predicted molar refractivity (Wildman–Crippen MR) is 63.0 cm³/mol. The number of hydrogen-bond donors (Lipinski definition) is 1. The van der Waals surface area contributed by atoms with Crippen LogP contribution >= 0.6 is 22.6 Å². The topological polar surface area (TPSA) is 45.8 Å². The quantitative estimate of drug-likeness (QED) is 0.820. The van der Waals surface area contributed by atoms with Gasteiger partial charge < -0.3 is 4.98 Å². The fraction of sp³-hybridized carbons (Fsp3) is 0. The van der Waals surface area contributed by atoms with Crippen LogP contribution in [-0.4, -0.2) is 9.97 Å². The smallest absolute Gasteiger partial charge is 0.287 e. The first-order valence-corrected chi connectivity index (χ1v) is 5.25. The van der Waals surface area contributed by atoms with Crippen molar-refractivity contribution >= 4 is 22.6 Å². The van der Waals surface area contributed by atoms with E-state index in [9.17, 15) is 9.18 Å². The molecule has 1 aromatic carbocycles. The molecule has 0 spiro atoms. The summed E-state index contributed by atoms with van der Waals surface area (Å²) in [6.45, 7) is 0. The van der Waals surface area contributed by atoms with Crippen LogP contribution in [0.15, 0.2) is 35.4 Å². The second kappa shape index (κ2) is 4.09. The van der Waals surface area contributed by atoms with E-state index in [1.54, 1.807) is 12.1 Å². The zero-order chi connectivity index (χ0) is 10.8. The maximum Gasteiger partial charge on any atom is 0.287 e. The summed E-state index contributed by atoms with van der Waals surface area (Å²) in [5.74, 6) is -0.848. The Balaban J connectivity index is 2.59. The standard InChI is InChI=1S/C10H6FIN2O/c11-8-9(13-5-14-10(8)15)6-1-3-7(12)4-2-6/h1-5H,(H,13,14,15). The summed E-state index contributed by atoms with van der Waals surface area (Å²) in [5.41, 5.74) is -0.0762. The molecule has 0 saturated heterocycles. The van der Waals surface area contributed by atoms with Crippen molar-refractivity contribution < 1.29 is 4.39 Å². The van der Waals surface area contributed by atoms with Gasteiger partial charge in [-0.1, -0.05) is 12.1 Å². The van der Waals surface area contributed by atoms with E-state index in [2.05, 4.69) is 32.6 Å². The van der Waals surface area contributed by atoms with Crippen LogP contribution in [0.25, 0.3) is 11.3 Å². The first kappa shape index (κ1) is 10.3. The number of aromatic nitrogens is 2. The molecule has 3 nitrogen and oxygen atoms in total. The molecule has 76 valence electrons. The minimum Gasteiger partial charge on any atom is -0.311 e. The van der Waals surface area contributed by atoms with Crippen molar-refractivity contribution in [3.05, 3.63) is 50.3 Å². The van der Waals surface area contributed by atoms with Crippen LogP contribution in [-0.2, 0) is 0 Å². The number of halogens is 2. The Morgan fingerprint density at radius 3 is 2.60 bits per heavy atom. The monoisotopic (exact) mass is 316 g/mol. The highest BCUT2D eigenvalue weighted by Crippen LogP contribution is 2.18. The van der Waals surface area contributed by atoms with Crippen LogP contribution in [0.4, 0.5) is 4.39 Å². The van der Waals surface area contributed by atoms with Crippen molar-refractivity contribution in [1.82, 2.24) is 9.97 Å². The third-order valence-electron chi connectivity index (χ3n) is 1.91. The van der Waals surface area contributed by atoms with Crippen LogP contribution in [0.2, 0.25) is 0 Å². The number of hydrogen-bond acceptors (Lipinski definition) is 2. The van der Waals surface area contributed by atoms with Gasteiger partial charge in [-0.25, -0.2) is 4.98 Å². The Bertz CT molecular complexity index is 536. The SMILES string of the molecule is O=c1[nH]cnc(-c2ccc(I)cc2)c1F. The summed E-state index contributed by atoms with van der Waals surface area (Å²) in [5, 5.41) is 0. The Hall–Kier alpha value is -1.24. The van der Waals surface area contributed by atoms with E-state index in [4.69, 9.17) is 0 Å². The molecule has 5 heteroatoms. The fourth-order valence-electron chi connectivity index (χ4n) is 1.19. The van der Waals surface area contributed by atoms with E-state index in [0.717, 1.165) is 3.57 Å². The number of aromatic amines is 1. The van der Waals surface area contributed by atoms with Gasteiger partial charge >= 0.3 is 0 Å². The van der Waals surface area contributed by atoms with Crippen molar-refractivity contribution in [3.63, 3.8) is 0 Å². The van der Waals surface area contributed by atoms with Crippen LogP contribution in [0, 0.1) is 9.39 Å². The molecule has 0 bridgehead atoms. The van der Waals surface area contributed by atoms with Gasteiger partial charge in [0.15, 0.2) is 0 Å². The molecule has 0 atom stereocenters. The summed E-state index contributed by atoms with van der Waals surface area (Å²) in [4.78, 5) is 17.0. The van der Waals surface area contributed by atoms with Crippen LogP contribution in [0.3, 0.4) is 0 Å². The van der Waals surface area contributed by atoms with Crippen LogP contribution in [0.5, 0.6) is 0 Å². The van der Waals surface area contributed by atoms with Crippen molar-refractivity contribution in [3.8, 4) is 11.3 Å². The van der Waals surface area contributed by atoms with E-state index in [1.165, 1.54) is 6.33 Å². The van der Waals surface area contributed by atoms with Gasteiger partial charge in [0.1, 0.15) is 5.69 Å². The van der Waals surface area contributed by atoms with Gasteiger partial charge in [-0.3, -0.25) is 4.79 Å². The van der Waals surface area contributed by atoms with Gasteiger partial charge in [-0.05, 0) is 34.7 Å². The molecule has 1 aromatic heterocycles. The molecule has 0 unspecified atom stereocenters. The molecular weight excluding hydrogens is 310 g/mol. The van der Waals surface area contributed by atoms with Gasteiger partial charge in [-0.2, -0.15) is 4.39 Å². The summed E-state index contributed by atoms with van der Waals surface area (Å²) in [6, 6.07) is 7.12. The molecule has 2 rings (SSSR count).